The third-order valence-corrected chi connectivity index (χ3v) is 6.29. The number of aromatic nitrogens is 4. The number of carbonyl (C=O) groups excluding carboxylic acids is 1. The molecule has 7 nitrogen and oxygen atoms in total. The largest absolute Gasteiger partial charge is 0.391 e. The molecule has 2 aromatic heterocycles. The van der Waals surface area contributed by atoms with Gasteiger partial charge in [-0.25, -0.2) is 9.06 Å². The highest BCUT2D eigenvalue weighted by molar-refractivity contribution is 7.08. The number of likely N-dealkylation sites (tertiary alicyclic amines) is 1. The molecule has 2 aliphatic rings. The van der Waals surface area contributed by atoms with Crippen LogP contribution in [0.5, 0.6) is 0 Å². The third kappa shape index (κ3) is 3.40. The van der Waals surface area contributed by atoms with Gasteiger partial charge in [0.2, 0.25) is 0 Å². The monoisotopic (exact) mass is 375 g/mol. The summed E-state index contributed by atoms with van der Waals surface area (Å²) in [6.45, 7) is 5.79. The van der Waals surface area contributed by atoms with Crippen LogP contribution < -0.4 is 0 Å². The number of rotatable bonds is 4. The first-order chi connectivity index (χ1) is 12.5. The zero-order chi connectivity index (χ0) is 18.3. The molecule has 1 saturated heterocycles. The lowest BCUT2D eigenvalue weighted by molar-refractivity contribution is 0.0298. The smallest absolute Gasteiger partial charge is 0.265 e. The van der Waals surface area contributed by atoms with Crippen LogP contribution >= 0.6 is 11.5 Å². The molecule has 2 fully saturated rings. The van der Waals surface area contributed by atoms with Gasteiger partial charge in [-0.1, -0.05) is 19.1 Å². The summed E-state index contributed by atoms with van der Waals surface area (Å²) in [6.07, 6.45) is 5.64. The Kier molecular flexibility index (Phi) is 4.79. The summed E-state index contributed by atoms with van der Waals surface area (Å²) in [7, 11) is 0. The zero-order valence-corrected chi connectivity index (χ0v) is 16.0. The Morgan fingerprint density at radius 2 is 2.12 bits per heavy atom. The lowest BCUT2D eigenvalue weighted by atomic mass is 9.77. The van der Waals surface area contributed by atoms with Gasteiger partial charge in [0, 0.05) is 25.5 Å². The van der Waals surface area contributed by atoms with E-state index >= 15 is 0 Å². The van der Waals surface area contributed by atoms with Crippen molar-refractivity contribution in [3.63, 3.8) is 0 Å². The van der Waals surface area contributed by atoms with Crippen LogP contribution in [-0.4, -0.2) is 54.5 Å². The van der Waals surface area contributed by atoms with E-state index in [1.54, 1.807) is 12.3 Å². The number of amides is 1. The lowest BCUT2D eigenvalue weighted by Crippen LogP contribution is -2.36. The first-order valence-corrected chi connectivity index (χ1v) is 10.1. The number of hydrogen-bond acceptors (Lipinski definition) is 6. The molecule has 1 amide bonds. The van der Waals surface area contributed by atoms with Crippen molar-refractivity contribution < 1.29 is 9.90 Å². The molecule has 0 unspecified atom stereocenters. The normalized spacial score (nSPS) is 28.5. The van der Waals surface area contributed by atoms with Crippen LogP contribution in [0.4, 0.5) is 0 Å². The maximum Gasteiger partial charge on any atom is 0.265 e. The Hall–Kier alpha value is -1.80. The van der Waals surface area contributed by atoms with Crippen LogP contribution in [0.25, 0.3) is 0 Å². The van der Waals surface area contributed by atoms with E-state index in [2.05, 4.69) is 28.5 Å². The molecular weight excluding hydrogens is 350 g/mol. The van der Waals surface area contributed by atoms with Gasteiger partial charge in [0.15, 0.2) is 0 Å². The van der Waals surface area contributed by atoms with Crippen molar-refractivity contribution in [2.45, 2.75) is 45.3 Å². The van der Waals surface area contributed by atoms with Crippen molar-refractivity contribution >= 4 is 17.4 Å². The van der Waals surface area contributed by atoms with Crippen molar-refractivity contribution in [3.05, 3.63) is 29.0 Å². The SMILES string of the molecule is CC(C)Cc1cn([C@@H]2C[C@@H]3CN(C(=O)c4ccns4)C[C@@H]3C[C@H]2O)nn1. The standard InChI is InChI=1S/C18H25N5O2S/c1-11(2)5-14-10-23(21-20-14)15-6-12-8-22(9-13(12)7-16(15)24)18(25)17-3-4-19-26-17/h3-4,10-13,15-16,24H,5-9H2,1-2H3/t12-,13+,15-,16-/m1/s1. The number of aliphatic hydroxyl groups excluding tert-OH is 1. The molecular formula is C18H25N5O2S. The maximum atomic E-state index is 12.6. The van der Waals surface area contributed by atoms with Crippen molar-refractivity contribution in [3.8, 4) is 0 Å². The number of hydrogen-bond donors (Lipinski definition) is 1. The first kappa shape index (κ1) is 17.6. The van der Waals surface area contributed by atoms with E-state index in [4.69, 9.17) is 0 Å². The molecule has 0 aromatic carbocycles. The molecule has 1 N–H and O–H groups in total. The van der Waals surface area contributed by atoms with E-state index in [-0.39, 0.29) is 11.9 Å². The van der Waals surface area contributed by atoms with Gasteiger partial charge in [0.25, 0.3) is 5.91 Å². The molecule has 0 radical (unpaired) electrons. The average molecular weight is 375 g/mol. The molecule has 3 heterocycles. The minimum Gasteiger partial charge on any atom is -0.391 e. The summed E-state index contributed by atoms with van der Waals surface area (Å²) in [4.78, 5) is 15.2. The summed E-state index contributed by atoms with van der Waals surface area (Å²) >= 11 is 1.24. The van der Waals surface area contributed by atoms with Gasteiger partial charge in [-0.3, -0.25) is 4.79 Å². The van der Waals surface area contributed by atoms with E-state index in [1.807, 2.05) is 15.8 Å². The molecule has 2 aromatic rings. The quantitative estimate of drug-likeness (QED) is 0.884. The number of nitrogens with zero attached hydrogens (tertiary/aromatic N) is 5. The van der Waals surface area contributed by atoms with Crippen molar-refractivity contribution in [1.29, 1.82) is 0 Å². The number of aliphatic hydroxyl groups is 1. The molecule has 1 saturated carbocycles. The van der Waals surface area contributed by atoms with Crippen LogP contribution in [0.15, 0.2) is 18.5 Å². The van der Waals surface area contributed by atoms with Gasteiger partial charge < -0.3 is 10.0 Å². The highest BCUT2D eigenvalue weighted by atomic mass is 32.1. The second kappa shape index (κ2) is 7.08. The van der Waals surface area contributed by atoms with E-state index in [0.29, 0.717) is 29.1 Å². The number of carbonyl (C=O) groups is 1. The fraction of sp³-hybridized carbons (Fsp3) is 0.667. The van der Waals surface area contributed by atoms with Crippen molar-refractivity contribution in [1.82, 2.24) is 24.3 Å². The molecule has 1 aliphatic carbocycles. The predicted octanol–water partition coefficient (Wildman–Crippen LogP) is 2.02. The third-order valence-electron chi connectivity index (χ3n) is 5.56. The summed E-state index contributed by atoms with van der Waals surface area (Å²) in [6, 6.07) is 1.72. The molecule has 4 atom stereocenters. The van der Waals surface area contributed by atoms with E-state index in [0.717, 1.165) is 31.6 Å². The summed E-state index contributed by atoms with van der Waals surface area (Å²) in [5, 5.41) is 19.2. The Morgan fingerprint density at radius 3 is 2.81 bits per heavy atom. The highest BCUT2D eigenvalue weighted by Gasteiger charge is 2.44. The van der Waals surface area contributed by atoms with Gasteiger partial charge in [-0.15, -0.1) is 5.10 Å². The predicted molar refractivity (Wildman–Crippen MR) is 97.8 cm³/mol. The Morgan fingerprint density at radius 1 is 1.35 bits per heavy atom. The fourth-order valence-electron chi connectivity index (χ4n) is 4.33. The van der Waals surface area contributed by atoms with Crippen molar-refractivity contribution in [2.24, 2.45) is 17.8 Å². The van der Waals surface area contributed by atoms with Gasteiger partial charge in [0.1, 0.15) is 4.88 Å². The summed E-state index contributed by atoms with van der Waals surface area (Å²) in [5.74, 6) is 1.35. The number of fused-ring (bicyclic) bond motifs is 1. The first-order valence-electron chi connectivity index (χ1n) is 9.30. The fourth-order valence-corrected chi connectivity index (χ4v) is 4.89. The lowest BCUT2D eigenvalue weighted by Gasteiger charge is -2.34. The van der Waals surface area contributed by atoms with E-state index < -0.39 is 6.10 Å². The maximum absolute atomic E-state index is 12.6. The Balaban J connectivity index is 1.44. The van der Waals surface area contributed by atoms with Crippen LogP contribution in [0.2, 0.25) is 0 Å². The molecule has 0 spiro atoms. The highest BCUT2D eigenvalue weighted by Crippen LogP contribution is 2.41. The van der Waals surface area contributed by atoms with Gasteiger partial charge >= 0.3 is 0 Å². The second-order valence-corrected chi connectivity index (χ2v) is 8.83. The Labute approximate surface area is 157 Å². The van der Waals surface area contributed by atoms with Gasteiger partial charge in [0.05, 0.1) is 17.8 Å². The van der Waals surface area contributed by atoms with Gasteiger partial charge in [-0.05, 0) is 54.6 Å². The molecule has 4 rings (SSSR count). The molecule has 0 bridgehead atoms. The van der Waals surface area contributed by atoms with Crippen LogP contribution in [-0.2, 0) is 6.42 Å². The minimum atomic E-state index is -0.441. The molecule has 8 heteroatoms. The van der Waals surface area contributed by atoms with E-state index in [1.165, 1.54) is 11.5 Å². The molecule has 140 valence electrons. The second-order valence-electron chi connectivity index (χ2n) is 8.00. The summed E-state index contributed by atoms with van der Waals surface area (Å²) in [5.41, 5.74) is 0.975. The topological polar surface area (TPSA) is 84.1 Å². The van der Waals surface area contributed by atoms with Gasteiger partial charge in [-0.2, -0.15) is 0 Å². The zero-order valence-electron chi connectivity index (χ0n) is 15.2. The van der Waals surface area contributed by atoms with Crippen LogP contribution in [0.1, 0.15) is 48.1 Å². The van der Waals surface area contributed by atoms with Crippen LogP contribution in [0.3, 0.4) is 0 Å². The van der Waals surface area contributed by atoms with E-state index in [9.17, 15) is 9.90 Å². The minimum absolute atomic E-state index is 0.0527. The average Bonchev–Trinajstić information content (AvgIpc) is 3.33. The Bertz CT molecular complexity index is 759. The molecule has 1 aliphatic heterocycles. The van der Waals surface area contributed by atoms with Crippen molar-refractivity contribution in [2.75, 3.05) is 13.1 Å². The molecule has 26 heavy (non-hydrogen) atoms. The summed E-state index contributed by atoms with van der Waals surface area (Å²) < 4.78 is 5.87. The van der Waals surface area contributed by atoms with Crippen LogP contribution in [0, 0.1) is 17.8 Å².